The number of nitrogens with two attached hydrogens (primary N) is 1. The van der Waals surface area contributed by atoms with Crippen LogP contribution in [0.4, 0.5) is 5.82 Å². The van der Waals surface area contributed by atoms with Gasteiger partial charge >= 0.3 is 0 Å². The molecule has 0 fully saturated rings. The Morgan fingerprint density at radius 1 is 1.32 bits per heavy atom. The molecule has 0 aliphatic heterocycles. The molecule has 2 rings (SSSR count). The molecule has 4 nitrogen and oxygen atoms in total. The smallest absolute Gasteiger partial charge is 0.145 e. The van der Waals surface area contributed by atoms with Gasteiger partial charge in [0.25, 0.3) is 0 Å². The molecular formula is C14H11BrN4. The summed E-state index contributed by atoms with van der Waals surface area (Å²) < 4.78 is 1.54. The van der Waals surface area contributed by atoms with Crippen LogP contribution in [0.2, 0.25) is 0 Å². The van der Waals surface area contributed by atoms with E-state index in [-0.39, 0.29) is 0 Å². The minimum atomic E-state index is 0.348. The second-order valence-corrected chi connectivity index (χ2v) is 4.55. The summed E-state index contributed by atoms with van der Waals surface area (Å²) in [6.07, 6.45) is 2.28. The van der Waals surface area contributed by atoms with Crippen molar-refractivity contribution in [3.63, 3.8) is 0 Å². The zero-order valence-electron chi connectivity index (χ0n) is 10.1. The molecule has 0 amide bonds. The molecular weight excluding hydrogens is 304 g/mol. The molecule has 0 saturated carbocycles. The van der Waals surface area contributed by atoms with Crippen molar-refractivity contribution < 1.29 is 0 Å². The molecule has 0 spiro atoms. The van der Waals surface area contributed by atoms with Gasteiger partial charge in [0.2, 0.25) is 0 Å². The Morgan fingerprint density at radius 2 is 2.05 bits per heavy atom. The summed E-state index contributed by atoms with van der Waals surface area (Å²) >= 11 is 3.33. The SMILES string of the molecule is N#Cc1cnn(-c2ccc(C#CCCBr)cc2)c1N. The molecule has 0 unspecified atom stereocenters. The van der Waals surface area contributed by atoms with Gasteiger partial charge in [-0.3, -0.25) is 0 Å². The standard InChI is InChI=1S/C14H11BrN4/c15-8-2-1-3-11-4-6-13(7-5-11)19-14(17)12(9-16)10-18-19/h4-7,10H,2,8,17H2. The Bertz CT molecular complexity index is 668. The van der Waals surface area contributed by atoms with Crippen LogP contribution in [0.15, 0.2) is 30.5 Å². The highest BCUT2D eigenvalue weighted by Gasteiger charge is 2.07. The van der Waals surface area contributed by atoms with Gasteiger partial charge in [-0.15, -0.1) is 0 Å². The highest BCUT2D eigenvalue weighted by molar-refractivity contribution is 9.09. The zero-order valence-corrected chi connectivity index (χ0v) is 11.7. The van der Waals surface area contributed by atoms with Gasteiger partial charge < -0.3 is 5.73 Å². The predicted molar refractivity (Wildman–Crippen MR) is 78.0 cm³/mol. The summed E-state index contributed by atoms with van der Waals surface area (Å²) in [4.78, 5) is 0. The molecule has 0 aliphatic carbocycles. The van der Waals surface area contributed by atoms with Crippen molar-refractivity contribution in [1.29, 1.82) is 5.26 Å². The fraction of sp³-hybridized carbons (Fsp3) is 0.143. The van der Waals surface area contributed by atoms with E-state index in [1.807, 2.05) is 30.3 Å². The van der Waals surface area contributed by atoms with E-state index in [4.69, 9.17) is 11.0 Å². The Balaban J connectivity index is 2.26. The van der Waals surface area contributed by atoms with E-state index in [0.717, 1.165) is 23.0 Å². The lowest BCUT2D eigenvalue weighted by Crippen LogP contribution is -2.02. The average molecular weight is 315 g/mol. The lowest BCUT2D eigenvalue weighted by molar-refractivity contribution is 0.891. The summed E-state index contributed by atoms with van der Waals surface area (Å²) in [5.74, 6) is 6.46. The second kappa shape index (κ2) is 6.08. The van der Waals surface area contributed by atoms with Crippen LogP contribution in [0.25, 0.3) is 5.69 Å². The molecule has 0 atom stereocenters. The molecule has 0 bridgehead atoms. The van der Waals surface area contributed by atoms with Gasteiger partial charge in [-0.05, 0) is 24.3 Å². The lowest BCUT2D eigenvalue weighted by atomic mass is 10.2. The van der Waals surface area contributed by atoms with Crippen molar-refractivity contribution in [2.24, 2.45) is 0 Å². The number of rotatable bonds is 2. The van der Waals surface area contributed by atoms with Crippen molar-refractivity contribution >= 4 is 21.7 Å². The van der Waals surface area contributed by atoms with Gasteiger partial charge in [0, 0.05) is 17.3 Å². The fourth-order valence-electron chi connectivity index (χ4n) is 1.55. The average Bonchev–Trinajstić information content (AvgIpc) is 2.81. The van der Waals surface area contributed by atoms with Crippen molar-refractivity contribution in [2.45, 2.75) is 6.42 Å². The maximum atomic E-state index is 8.84. The Kier molecular flexibility index (Phi) is 4.22. The van der Waals surface area contributed by atoms with Crippen LogP contribution in [0.5, 0.6) is 0 Å². The number of alkyl halides is 1. The number of hydrogen-bond donors (Lipinski definition) is 1. The highest BCUT2D eigenvalue weighted by atomic mass is 79.9. The van der Waals surface area contributed by atoms with Crippen molar-refractivity contribution in [2.75, 3.05) is 11.1 Å². The van der Waals surface area contributed by atoms with E-state index < -0.39 is 0 Å². The number of benzene rings is 1. The number of nitrogens with zero attached hydrogens (tertiary/aromatic N) is 3. The number of nitrogen functional groups attached to an aromatic ring is 1. The van der Waals surface area contributed by atoms with Gasteiger partial charge in [-0.2, -0.15) is 10.4 Å². The quantitative estimate of drug-likeness (QED) is 0.684. The summed E-state index contributed by atoms with van der Waals surface area (Å²) in [6.45, 7) is 0. The van der Waals surface area contributed by atoms with Crippen LogP contribution < -0.4 is 5.73 Å². The van der Waals surface area contributed by atoms with Gasteiger partial charge in [0.15, 0.2) is 0 Å². The zero-order chi connectivity index (χ0) is 13.7. The molecule has 0 radical (unpaired) electrons. The van der Waals surface area contributed by atoms with E-state index >= 15 is 0 Å². The topological polar surface area (TPSA) is 67.6 Å². The largest absolute Gasteiger partial charge is 0.382 e. The maximum absolute atomic E-state index is 8.84. The lowest BCUT2D eigenvalue weighted by Gasteiger charge is -2.03. The predicted octanol–water partition coefficient (Wildman–Crippen LogP) is 2.46. The molecule has 94 valence electrons. The van der Waals surface area contributed by atoms with E-state index in [9.17, 15) is 0 Å². The van der Waals surface area contributed by atoms with E-state index in [0.29, 0.717) is 11.4 Å². The molecule has 0 aliphatic rings. The van der Waals surface area contributed by atoms with E-state index in [1.54, 1.807) is 0 Å². The molecule has 5 heteroatoms. The summed E-state index contributed by atoms with van der Waals surface area (Å²) in [5.41, 5.74) is 7.95. The third kappa shape index (κ3) is 2.96. The summed E-state index contributed by atoms with van der Waals surface area (Å²) in [6, 6.07) is 9.56. The van der Waals surface area contributed by atoms with Crippen LogP contribution in [0, 0.1) is 23.2 Å². The first-order chi connectivity index (χ1) is 9.26. The minimum absolute atomic E-state index is 0.348. The number of aromatic nitrogens is 2. The van der Waals surface area contributed by atoms with Crippen molar-refractivity contribution in [3.8, 4) is 23.6 Å². The molecule has 19 heavy (non-hydrogen) atoms. The summed E-state index contributed by atoms with van der Waals surface area (Å²) in [5, 5.41) is 13.8. The number of hydrogen-bond acceptors (Lipinski definition) is 3. The first-order valence-electron chi connectivity index (χ1n) is 5.65. The Morgan fingerprint density at radius 3 is 2.63 bits per heavy atom. The van der Waals surface area contributed by atoms with Crippen LogP contribution in [-0.4, -0.2) is 15.1 Å². The van der Waals surface area contributed by atoms with Crippen molar-refractivity contribution in [3.05, 3.63) is 41.6 Å². The maximum Gasteiger partial charge on any atom is 0.145 e. The highest BCUT2D eigenvalue weighted by Crippen LogP contribution is 2.16. The van der Waals surface area contributed by atoms with Crippen LogP contribution >= 0.6 is 15.9 Å². The van der Waals surface area contributed by atoms with Crippen LogP contribution in [0.1, 0.15) is 17.5 Å². The number of halogens is 1. The van der Waals surface area contributed by atoms with Gasteiger partial charge in [0.1, 0.15) is 17.5 Å². The van der Waals surface area contributed by atoms with Gasteiger partial charge in [0.05, 0.1) is 11.9 Å². The monoisotopic (exact) mass is 314 g/mol. The van der Waals surface area contributed by atoms with Gasteiger partial charge in [-0.25, -0.2) is 4.68 Å². The molecule has 1 aromatic heterocycles. The molecule has 0 saturated heterocycles. The number of anilines is 1. The van der Waals surface area contributed by atoms with Crippen LogP contribution in [0.3, 0.4) is 0 Å². The second-order valence-electron chi connectivity index (χ2n) is 3.75. The third-order valence-corrected chi connectivity index (χ3v) is 2.89. The fourth-order valence-corrected chi connectivity index (χ4v) is 1.75. The molecule has 2 N–H and O–H groups in total. The first kappa shape index (κ1) is 13.2. The Hall–Kier alpha value is -2.24. The van der Waals surface area contributed by atoms with E-state index in [2.05, 4.69) is 32.9 Å². The van der Waals surface area contributed by atoms with Crippen molar-refractivity contribution in [1.82, 2.24) is 9.78 Å². The third-order valence-electron chi connectivity index (χ3n) is 2.49. The molecule has 2 aromatic rings. The number of nitriles is 1. The first-order valence-corrected chi connectivity index (χ1v) is 6.77. The van der Waals surface area contributed by atoms with Gasteiger partial charge in [-0.1, -0.05) is 27.8 Å². The molecule has 1 heterocycles. The minimum Gasteiger partial charge on any atom is -0.382 e. The Labute approximate surface area is 120 Å². The summed E-state index contributed by atoms with van der Waals surface area (Å²) in [7, 11) is 0. The van der Waals surface area contributed by atoms with Crippen LogP contribution in [-0.2, 0) is 0 Å². The molecule has 1 aromatic carbocycles. The van der Waals surface area contributed by atoms with E-state index in [1.165, 1.54) is 10.9 Å². The normalized spacial score (nSPS) is 9.47.